The largest absolute Gasteiger partial charge is 0.490 e. The second-order valence-electron chi connectivity index (χ2n) is 6.04. The van der Waals surface area contributed by atoms with Crippen LogP contribution in [-0.4, -0.2) is 38.3 Å². The Morgan fingerprint density at radius 2 is 2.33 bits per heavy atom. The maximum absolute atomic E-state index is 12.4. The summed E-state index contributed by atoms with van der Waals surface area (Å²) in [6, 6.07) is 7.30. The Bertz CT molecular complexity index is 712. The van der Waals surface area contributed by atoms with Crippen molar-refractivity contribution in [2.24, 2.45) is 0 Å². The molecule has 3 rings (SSSR count). The van der Waals surface area contributed by atoms with Crippen LogP contribution >= 0.6 is 0 Å². The highest BCUT2D eigenvalue weighted by atomic mass is 16.5. The number of rotatable bonds is 6. The number of hydrogen-bond donors (Lipinski definition) is 2. The quantitative estimate of drug-likeness (QED) is 0.850. The van der Waals surface area contributed by atoms with Gasteiger partial charge in [0.05, 0.1) is 24.8 Å². The van der Waals surface area contributed by atoms with E-state index >= 15 is 0 Å². The van der Waals surface area contributed by atoms with E-state index in [0.717, 1.165) is 11.1 Å². The average molecular weight is 332 g/mol. The second-order valence-corrected chi connectivity index (χ2v) is 6.04. The Labute approximate surface area is 141 Å². The van der Waals surface area contributed by atoms with Gasteiger partial charge in [-0.3, -0.25) is 4.79 Å². The molecule has 0 aliphatic carbocycles. The molecular formula is C18H24N2O4. The van der Waals surface area contributed by atoms with E-state index in [9.17, 15) is 4.79 Å². The molecule has 0 spiro atoms. The number of nitrogens with one attached hydrogen (secondary N) is 2. The second kappa shape index (κ2) is 7.23. The van der Waals surface area contributed by atoms with E-state index in [4.69, 9.17) is 13.9 Å². The molecule has 2 aromatic rings. The van der Waals surface area contributed by atoms with Crippen molar-refractivity contribution < 1.29 is 18.7 Å². The molecule has 2 N–H and O–H groups in total. The van der Waals surface area contributed by atoms with Gasteiger partial charge in [-0.25, -0.2) is 0 Å². The maximum atomic E-state index is 12.4. The standard InChI is InChI=1S/C18H24N2O4/c1-4-23-15-7-5-6-12-8-16(24-17(12)15)11(2)20-18(21)14-9-13(22-3)10-19-14/h5-8,11,13-14,19H,4,9-10H2,1-3H3,(H,20,21)/t11-,13-,14+/m0/s1. The fraction of sp³-hybridized carbons (Fsp3) is 0.500. The summed E-state index contributed by atoms with van der Waals surface area (Å²) in [6.07, 6.45) is 0.778. The van der Waals surface area contributed by atoms with Crippen LogP contribution in [-0.2, 0) is 9.53 Å². The molecule has 1 aliphatic heterocycles. The fourth-order valence-electron chi connectivity index (χ4n) is 3.01. The molecule has 2 heterocycles. The highest BCUT2D eigenvalue weighted by molar-refractivity contribution is 5.85. The molecule has 1 saturated heterocycles. The predicted octanol–water partition coefficient (Wildman–Crippen LogP) is 2.39. The first-order valence-electron chi connectivity index (χ1n) is 8.34. The van der Waals surface area contributed by atoms with Crippen LogP contribution in [0, 0.1) is 0 Å². The number of carbonyl (C=O) groups excluding carboxylic acids is 1. The van der Waals surface area contributed by atoms with Gasteiger partial charge in [0.2, 0.25) is 5.91 Å². The van der Waals surface area contributed by atoms with E-state index < -0.39 is 0 Å². The van der Waals surface area contributed by atoms with Gasteiger partial charge in [0.25, 0.3) is 0 Å². The number of benzene rings is 1. The molecule has 6 heteroatoms. The molecular weight excluding hydrogens is 308 g/mol. The Hall–Kier alpha value is -2.05. The lowest BCUT2D eigenvalue weighted by atomic mass is 10.1. The summed E-state index contributed by atoms with van der Waals surface area (Å²) in [6.45, 7) is 5.13. The number of furan rings is 1. The number of ether oxygens (including phenoxy) is 2. The molecule has 1 fully saturated rings. The monoisotopic (exact) mass is 332 g/mol. The Balaban J connectivity index is 1.71. The van der Waals surface area contributed by atoms with Crippen molar-refractivity contribution >= 4 is 16.9 Å². The normalized spacial score (nSPS) is 21.8. The first-order valence-corrected chi connectivity index (χ1v) is 8.34. The lowest BCUT2D eigenvalue weighted by Crippen LogP contribution is -2.41. The Kier molecular flexibility index (Phi) is 5.06. The molecule has 0 radical (unpaired) electrons. The van der Waals surface area contributed by atoms with Crippen molar-refractivity contribution in [2.75, 3.05) is 20.3 Å². The summed E-state index contributed by atoms with van der Waals surface area (Å²) in [5, 5.41) is 7.15. The Morgan fingerprint density at radius 1 is 1.50 bits per heavy atom. The van der Waals surface area contributed by atoms with E-state index in [1.165, 1.54) is 0 Å². The lowest BCUT2D eigenvalue weighted by molar-refractivity contribution is -0.123. The smallest absolute Gasteiger partial charge is 0.237 e. The van der Waals surface area contributed by atoms with E-state index in [1.807, 2.05) is 38.1 Å². The van der Waals surface area contributed by atoms with Gasteiger partial charge in [0.1, 0.15) is 5.76 Å². The van der Waals surface area contributed by atoms with Crippen LogP contribution in [0.4, 0.5) is 0 Å². The van der Waals surface area contributed by atoms with Gasteiger partial charge in [-0.1, -0.05) is 12.1 Å². The summed E-state index contributed by atoms with van der Waals surface area (Å²) in [7, 11) is 1.67. The number of amides is 1. The summed E-state index contributed by atoms with van der Waals surface area (Å²) >= 11 is 0. The van der Waals surface area contributed by atoms with E-state index in [2.05, 4.69) is 10.6 Å². The van der Waals surface area contributed by atoms with Gasteiger partial charge in [-0.05, 0) is 32.4 Å². The SMILES string of the molecule is CCOc1cccc2cc([C@H](C)NC(=O)[C@H]3C[C@H](OC)CN3)oc12. The molecule has 6 nitrogen and oxygen atoms in total. The zero-order chi connectivity index (χ0) is 17.1. The van der Waals surface area contributed by atoms with Crippen molar-refractivity contribution in [3.63, 3.8) is 0 Å². The average Bonchev–Trinajstić information content (AvgIpc) is 3.22. The van der Waals surface area contributed by atoms with Crippen LogP contribution in [0.1, 0.15) is 32.1 Å². The van der Waals surface area contributed by atoms with Gasteiger partial charge >= 0.3 is 0 Å². The third-order valence-electron chi connectivity index (χ3n) is 4.35. The van der Waals surface area contributed by atoms with Crippen molar-refractivity contribution in [3.8, 4) is 5.75 Å². The van der Waals surface area contributed by atoms with Crippen LogP contribution in [0.15, 0.2) is 28.7 Å². The molecule has 130 valence electrons. The number of para-hydroxylation sites is 1. The topological polar surface area (TPSA) is 72.7 Å². The van der Waals surface area contributed by atoms with Crippen LogP contribution in [0.25, 0.3) is 11.0 Å². The molecule has 1 aromatic heterocycles. The predicted molar refractivity (Wildman–Crippen MR) is 91.1 cm³/mol. The molecule has 1 aliphatic rings. The van der Waals surface area contributed by atoms with Crippen LogP contribution in [0.3, 0.4) is 0 Å². The maximum Gasteiger partial charge on any atom is 0.237 e. The summed E-state index contributed by atoms with van der Waals surface area (Å²) in [5.41, 5.74) is 0.717. The van der Waals surface area contributed by atoms with Gasteiger partial charge in [0, 0.05) is 19.0 Å². The molecule has 1 amide bonds. The van der Waals surface area contributed by atoms with E-state index in [-0.39, 0.29) is 24.1 Å². The summed E-state index contributed by atoms with van der Waals surface area (Å²) in [4.78, 5) is 12.4. The first-order chi connectivity index (χ1) is 11.6. The third-order valence-corrected chi connectivity index (χ3v) is 4.35. The minimum Gasteiger partial charge on any atom is -0.490 e. The Morgan fingerprint density at radius 3 is 3.04 bits per heavy atom. The highest BCUT2D eigenvalue weighted by Crippen LogP contribution is 2.31. The fourth-order valence-corrected chi connectivity index (χ4v) is 3.01. The third kappa shape index (κ3) is 3.39. The van der Waals surface area contributed by atoms with E-state index in [1.54, 1.807) is 7.11 Å². The molecule has 3 atom stereocenters. The summed E-state index contributed by atoms with van der Waals surface area (Å²) < 4.78 is 16.8. The van der Waals surface area contributed by atoms with Crippen molar-refractivity contribution in [3.05, 3.63) is 30.0 Å². The minimum absolute atomic E-state index is 0.0347. The van der Waals surface area contributed by atoms with Crippen LogP contribution < -0.4 is 15.4 Å². The zero-order valence-corrected chi connectivity index (χ0v) is 14.3. The van der Waals surface area contributed by atoms with Gasteiger partial charge < -0.3 is 24.5 Å². The number of methoxy groups -OCH3 is 1. The van der Waals surface area contributed by atoms with Crippen LogP contribution in [0.2, 0.25) is 0 Å². The van der Waals surface area contributed by atoms with Crippen molar-refractivity contribution in [2.45, 2.75) is 38.5 Å². The van der Waals surface area contributed by atoms with Crippen molar-refractivity contribution in [1.29, 1.82) is 0 Å². The van der Waals surface area contributed by atoms with Gasteiger partial charge in [-0.2, -0.15) is 0 Å². The number of carbonyl (C=O) groups is 1. The molecule has 1 aromatic carbocycles. The summed E-state index contributed by atoms with van der Waals surface area (Å²) in [5.74, 6) is 1.40. The first kappa shape index (κ1) is 16.8. The zero-order valence-electron chi connectivity index (χ0n) is 14.3. The number of fused-ring (bicyclic) bond motifs is 1. The molecule has 0 unspecified atom stereocenters. The van der Waals surface area contributed by atoms with Gasteiger partial charge in [0.15, 0.2) is 11.3 Å². The van der Waals surface area contributed by atoms with Crippen molar-refractivity contribution in [1.82, 2.24) is 10.6 Å². The van der Waals surface area contributed by atoms with E-state index in [0.29, 0.717) is 30.9 Å². The molecule has 0 bridgehead atoms. The van der Waals surface area contributed by atoms with Crippen LogP contribution in [0.5, 0.6) is 5.75 Å². The molecule has 24 heavy (non-hydrogen) atoms. The number of hydrogen-bond acceptors (Lipinski definition) is 5. The minimum atomic E-state index is -0.222. The molecule has 0 saturated carbocycles. The lowest BCUT2D eigenvalue weighted by Gasteiger charge is -2.15. The highest BCUT2D eigenvalue weighted by Gasteiger charge is 2.30. The van der Waals surface area contributed by atoms with Gasteiger partial charge in [-0.15, -0.1) is 0 Å².